The average Bonchev–Trinajstić information content (AvgIpc) is 3.57. The summed E-state index contributed by atoms with van der Waals surface area (Å²) in [5, 5.41) is 58.6. The summed E-state index contributed by atoms with van der Waals surface area (Å²) in [5.74, 6) is -2.05. The predicted octanol–water partition coefficient (Wildman–Crippen LogP) is -1.36. The third-order valence-electron chi connectivity index (χ3n) is 11.5. The zero-order chi connectivity index (χ0) is 44.1. The Bertz CT molecular complexity index is 1870. The van der Waals surface area contributed by atoms with Crippen LogP contribution in [0.15, 0.2) is 36.4 Å². The number of aromatic hydroxyl groups is 1. The maximum Gasteiger partial charge on any atom is 0.244 e. The average molecular weight is 876 g/mol. The van der Waals surface area contributed by atoms with Gasteiger partial charge in [-0.25, -0.2) is 0 Å². The second kappa shape index (κ2) is 19.9. The molecule has 12 N–H and O–H groups in total. The molecular weight excluding hydrogens is 819 g/mol. The van der Waals surface area contributed by atoms with Crippen LogP contribution in [0.5, 0.6) is 5.75 Å². The number of nitrogens with one attached hydrogen (secondary N) is 3. The predicted molar refractivity (Wildman–Crippen MR) is 224 cm³/mol. The Morgan fingerprint density at radius 2 is 1.63 bits per heavy atom. The van der Waals surface area contributed by atoms with E-state index in [1.807, 2.05) is 38.1 Å². The van der Waals surface area contributed by atoms with Crippen LogP contribution in [-0.2, 0) is 52.7 Å². The molecule has 0 radical (unpaired) electrons. The summed E-state index contributed by atoms with van der Waals surface area (Å²) in [6, 6.07) is 5.81. The third-order valence-corrected chi connectivity index (χ3v) is 14.2. The van der Waals surface area contributed by atoms with Crippen molar-refractivity contribution in [1.29, 1.82) is 0 Å². The summed E-state index contributed by atoms with van der Waals surface area (Å²) in [6.07, 6.45) is -7.80. The molecule has 3 aliphatic rings. The number of Topliss-reactive ketones (excluding diaryl/α,β-unsaturated/α-hetero) is 1. The zero-order valence-corrected chi connectivity index (χ0v) is 35.7. The van der Waals surface area contributed by atoms with E-state index in [9.17, 15) is 49.5 Å². The van der Waals surface area contributed by atoms with E-state index in [2.05, 4.69) is 16.0 Å². The van der Waals surface area contributed by atoms with Crippen LogP contribution in [0.4, 0.5) is 0 Å². The number of aliphatic hydroxyl groups excluding tert-OH is 4. The van der Waals surface area contributed by atoms with Crippen LogP contribution in [0.2, 0.25) is 0 Å². The molecule has 2 aliphatic heterocycles. The van der Waals surface area contributed by atoms with E-state index in [0.29, 0.717) is 11.5 Å². The van der Waals surface area contributed by atoms with Gasteiger partial charge in [-0.05, 0) is 86.9 Å². The van der Waals surface area contributed by atoms with Crippen LogP contribution in [0.3, 0.4) is 0 Å². The van der Waals surface area contributed by atoms with E-state index in [0.717, 1.165) is 27.8 Å². The summed E-state index contributed by atoms with van der Waals surface area (Å²) in [7, 11) is 0. The quantitative estimate of drug-likeness (QED) is 0.125. The molecule has 1 aliphatic carbocycles. The van der Waals surface area contributed by atoms with E-state index in [-0.39, 0.29) is 43.0 Å². The number of aryl methyl sites for hydroxylation is 2. The first kappa shape index (κ1) is 47.3. The minimum Gasteiger partial charge on any atom is -0.508 e. The number of amides is 4. The number of rotatable bonds is 11. The second-order valence-corrected chi connectivity index (χ2v) is 19.3. The number of carbonyl (C=O) groups excluding carboxylic acids is 5. The van der Waals surface area contributed by atoms with Gasteiger partial charge in [0.15, 0.2) is 12.1 Å². The number of phenols is 1. The molecule has 60 heavy (non-hydrogen) atoms. The molecule has 2 heterocycles. The van der Waals surface area contributed by atoms with Crippen molar-refractivity contribution in [3.05, 3.63) is 64.2 Å². The molecule has 2 saturated heterocycles. The minimum atomic E-state index is -1.77. The smallest absolute Gasteiger partial charge is 0.244 e. The Kier molecular flexibility index (Phi) is 15.7. The van der Waals surface area contributed by atoms with Gasteiger partial charge in [-0.1, -0.05) is 24.3 Å². The van der Waals surface area contributed by atoms with Gasteiger partial charge in [0.2, 0.25) is 23.6 Å². The molecule has 19 heteroatoms. The molecule has 5 rings (SSSR count). The van der Waals surface area contributed by atoms with Crippen molar-refractivity contribution >= 4 is 52.9 Å². The first-order valence-corrected chi connectivity index (χ1v) is 21.9. The number of hydrogen-bond acceptors (Lipinski definition) is 15. The van der Waals surface area contributed by atoms with E-state index >= 15 is 0 Å². The Morgan fingerprint density at radius 3 is 2.23 bits per heavy atom. The zero-order valence-electron chi connectivity index (χ0n) is 34.1. The minimum absolute atomic E-state index is 0.105. The lowest BCUT2D eigenvalue weighted by Crippen LogP contribution is -2.63. The number of hydrogen-bond donors (Lipinski definition) is 10. The van der Waals surface area contributed by atoms with Crippen LogP contribution >= 0.6 is 23.5 Å². The first-order valence-electron chi connectivity index (χ1n) is 19.8. The van der Waals surface area contributed by atoms with Gasteiger partial charge in [0.25, 0.3) is 0 Å². The van der Waals surface area contributed by atoms with Crippen LogP contribution in [-0.4, -0.2) is 145 Å². The lowest BCUT2D eigenvalue weighted by atomic mass is 9.77. The van der Waals surface area contributed by atoms with Gasteiger partial charge in [-0.15, -0.1) is 0 Å². The van der Waals surface area contributed by atoms with Crippen molar-refractivity contribution in [3.8, 4) is 5.75 Å². The van der Waals surface area contributed by atoms with E-state index < -0.39 is 102 Å². The van der Waals surface area contributed by atoms with Gasteiger partial charge in [-0.3, -0.25) is 24.0 Å². The summed E-state index contributed by atoms with van der Waals surface area (Å²) in [6.45, 7) is 5.80. The summed E-state index contributed by atoms with van der Waals surface area (Å²) in [5.41, 5.74) is 14.8. The van der Waals surface area contributed by atoms with Crippen LogP contribution in [0, 0.1) is 19.3 Å². The molecule has 2 unspecified atom stereocenters. The molecule has 330 valence electrons. The Balaban J connectivity index is 1.37. The number of primary amides is 1. The molecule has 2 aromatic rings. The lowest BCUT2D eigenvalue weighted by molar-refractivity contribution is -0.301. The number of thioether (sulfide) groups is 2. The standard InChI is InChI=1S/C41H57N5O12S2/c1-20-11-24(48)12-21(2)25(20)13-26(42)36(54)45-28-19-59-9-10-60-40(3,4)34(46-39(56)41(16-29(28)49)14-22-7-5-6-8-23(22)15-41)37(55)44-27(35(43)53)18-57-38-33(52)32(51)31(50)30(17-47)58-38/h5-8,11-12,26-28,30-34,38,47-48,50-52H,9-10,13-19,42H2,1-4H3,(H2,43,53)(H,44,55)(H,45,54)(H,46,56)/t26-,27-,28+,30+,31+,32?,33?,34-,38+/m0/s1. The molecule has 17 nitrogen and oxygen atoms in total. The maximum atomic E-state index is 14.8. The van der Waals surface area contributed by atoms with E-state index in [1.54, 1.807) is 26.0 Å². The maximum absolute atomic E-state index is 14.8. The van der Waals surface area contributed by atoms with Crippen molar-refractivity contribution in [2.24, 2.45) is 16.9 Å². The highest BCUT2D eigenvalue weighted by Crippen LogP contribution is 2.42. The van der Waals surface area contributed by atoms with Crippen molar-refractivity contribution in [1.82, 2.24) is 16.0 Å². The summed E-state index contributed by atoms with van der Waals surface area (Å²) < 4.78 is 9.88. The molecule has 1 spiro atoms. The Labute approximate surface area is 357 Å². The topological polar surface area (TPSA) is 293 Å². The number of carbonyl (C=O) groups is 5. The number of fused-ring (bicyclic) bond motifs is 1. The van der Waals surface area contributed by atoms with Crippen molar-refractivity contribution in [2.45, 2.75) is 113 Å². The highest BCUT2D eigenvalue weighted by molar-refractivity contribution is 8.03. The van der Waals surface area contributed by atoms with Crippen LogP contribution in [0.25, 0.3) is 0 Å². The highest BCUT2D eigenvalue weighted by Gasteiger charge is 2.50. The number of ketones is 1. The van der Waals surface area contributed by atoms with Crippen molar-refractivity contribution < 1.29 is 59.0 Å². The Hall–Kier alpha value is -3.79. The molecule has 0 saturated carbocycles. The van der Waals surface area contributed by atoms with Gasteiger partial charge >= 0.3 is 0 Å². The number of aliphatic hydroxyl groups is 4. The van der Waals surface area contributed by atoms with E-state index in [1.165, 1.54) is 23.5 Å². The summed E-state index contributed by atoms with van der Waals surface area (Å²) >= 11 is 2.80. The van der Waals surface area contributed by atoms with Gasteiger partial charge in [0.05, 0.1) is 30.7 Å². The molecule has 2 fully saturated rings. The lowest BCUT2D eigenvalue weighted by Gasteiger charge is -2.40. The fourth-order valence-electron chi connectivity index (χ4n) is 7.95. The highest BCUT2D eigenvalue weighted by atomic mass is 32.2. The van der Waals surface area contributed by atoms with Crippen LogP contribution < -0.4 is 27.4 Å². The van der Waals surface area contributed by atoms with Gasteiger partial charge in [-0.2, -0.15) is 23.5 Å². The SMILES string of the molecule is Cc1cc(O)cc(C)c1C[C@H](N)C(=O)N[C@@H]1CSCCSC(C)(C)[C@H](C(=O)N[C@@H](CO[C@@H]2O[C@H](CO)[C@@H](O)C(O)C2O)C(N)=O)NC(=O)C2(CC1=O)Cc1ccccc1C2. The number of phenolic OH excluding ortho intramolecular Hbond substituents is 1. The molecular formula is C41H57N5O12S2. The van der Waals surface area contributed by atoms with Gasteiger partial charge in [0.1, 0.15) is 42.2 Å². The molecule has 0 aromatic heterocycles. The van der Waals surface area contributed by atoms with Crippen LogP contribution in [0.1, 0.15) is 48.1 Å². The van der Waals surface area contributed by atoms with Gasteiger partial charge in [0, 0.05) is 28.4 Å². The molecule has 0 bridgehead atoms. The molecule has 4 amide bonds. The number of ether oxygens (including phenoxy) is 2. The number of nitrogens with two attached hydrogens (primary N) is 2. The third kappa shape index (κ3) is 11.0. The largest absolute Gasteiger partial charge is 0.508 e. The normalized spacial score (nSPS) is 27.9. The monoisotopic (exact) mass is 875 g/mol. The number of benzene rings is 2. The summed E-state index contributed by atoms with van der Waals surface area (Å²) in [4.78, 5) is 69.7. The second-order valence-electron chi connectivity index (χ2n) is 16.4. The van der Waals surface area contributed by atoms with Crippen molar-refractivity contribution in [2.75, 3.05) is 30.5 Å². The van der Waals surface area contributed by atoms with E-state index in [4.69, 9.17) is 20.9 Å². The van der Waals surface area contributed by atoms with Gasteiger partial charge < -0.3 is 62.4 Å². The molecule has 2 aromatic carbocycles. The fourth-order valence-corrected chi connectivity index (χ4v) is 10.3. The van der Waals surface area contributed by atoms with Crippen molar-refractivity contribution in [3.63, 3.8) is 0 Å². The first-order chi connectivity index (χ1) is 28.3. The fraction of sp³-hybridized carbons (Fsp3) is 0.585. The molecule has 9 atom stereocenters. The Morgan fingerprint density at radius 1 is 1.00 bits per heavy atom.